The van der Waals surface area contributed by atoms with Crippen molar-refractivity contribution in [3.05, 3.63) is 71.5 Å². The Balaban J connectivity index is 1.37. The van der Waals surface area contributed by atoms with E-state index in [1.54, 1.807) is 4.90 Å². The van der Waals surface area contributed by atoms with E-state index in [0.717, 1.165) is 49.3 Å². The number of rotatable bonds is 4. The first-order valence-electron chi connectivity index (χ1n) is 11.4. The minimum Gasteiger partial charge on any atom is -0.338 e. The predicted molar refractivity (Wildman–Crippen MR) is 125 cm³/mol. The summed E-state index contributed by atoms with van der Waals surface area (Å²) in [5, 5.41) is 7.56. The second kappa shape index (κ2) is 8.61. The fraction of sp³-hybridized carbons (Fsp3) is 0.346. The van der Waals surface area contributed by atoms with Crippen LogP contribution in [-0.2, 0) is 4.79 Å². The zero-order valence-electron chi connectivity index (χ0n) is 18.4. The van der Waals surface area contributed by atoms with Crippen molar-refractivity contribution in [1.29, 1.82) is 0 Å². The highest BCUT2D eigenvalue weighted by atomic mass is 16.2. The van der Waals surface area contributed by atoms with Crippen LogP contribution in [-0.4, -0.2) is 46.5 Å². The molecule has 3 heterocycles. The summed E-state index contributed by atoms with van der Waals surface area (Å²) < 4.78 is 0. The number of amides is 2. The number of aromatic nitrogens is 2. The molecule has 2 aliphatic rings. The minimum absolute atomic E-state index is 0.0279. The Morgan fingerprint density at radius 3 is 2.75 bits per heavy atom. The zero-order chi connectivity index (χ0) is 22.1. The van der Waals surface area contributed by atoms with Crippen LogP contribution in [0.1, 0.15) is 53.2 Å². The summed E-state index contributed by atoms with van der Waals surface area (Å²) in [5.41, 5.74) is 6.09. The molecule has 0 radical (unpaired) electrons. The van der Waals surface area contributed by atoms with Crippen LogP contribution in [0.15, 0.2) is 54.7 Å². The molecule has 2 fully saturated rings. The maximum Gasteiger partial charge on any atom is 0.253 e. The second-order valence-electron chi connectivity index (χ2n) is 8.80. The van der Waals surface area contributed by atoms with E-state index >= 15 is 0 Å². The van der Waals surface area contributed by atoms with Crippen LogP contribution >= 0.6 is 0 Å². The van der Waals surface area contributed by atoms with Crippen molar-refractivity contribution < 1.29 is 9.59 Å². The zero-order valence-corrected chi connectivity index (χ0v) is 18.4. The summed E-state index contributed by atoms with van der Waals surface area (Å²) in [4.78, 5) is 29.2. The predicted octanol–water partition coefficient (Wildman–Crippen LogP) is 4.53. The number of benzene rings is 2. The van der Waals surface area contributed by atoms with Crippen molar-refractivity contribution in [3.8, 4) is 11.1 Å². The fourth-order valence-electron chi connectivity index (χ4n) is 5.00. The lowest BCUT2D eigenvalue weighted by Crippen LogP contribution is -2.39. The van der Waals surface area contributed by atoms with Crippen molar-refractivity contribution >= 4 is 17.5 Å². The summed E-state index contributed by atoms with van der Waals surface area (Å²) >= 11 is 0. The lowest BCUT2D eigenvalue weighted by molar-refractivity contribution is -0.117. The van der Waals surface area contributed by atoms with Gasteiger partial charge in [-0.2, -0.15) is 5.10 Å². The molecule has 6 heteroatoms. The first kappa shape index (κ1) is 20.5. The van der Waals surface area contributed by atoms with Gasteiger partial charge in [0.1, 0.15) is 0 Å². The number of anilines is 1. The monoisotopic (exact) mass is 428 g/mol. The number of likely N-dealkylation sites (tertiary alicyclic amines) is 1. The molecule has 2 amide bonds. The smallest absolute Gasteiger partial charge is 0.253 e. The maximum atomic E-state index is 13.4. The highest BCUT2D eigenvalue weighted by Gasteiger charge is 2.29. The van der Waals surface area contributed by atoms with Gasteiger partial charge in [0.2, 0.25) is 5.91 Å². The molecule has 1 atom stereocenters. The average Bonchev–Trinajstić information content (AvgIpc) is 3.48. The van der Waals surface area contributed by atoms with Crippen molar-refractivity contribution in [2.45, 2.75) is 38.5 Å². The molecule has 2 aliphatic heterocycles. The molecule has 5 rings (SSSR count). The van der Waals surface area contributed by atoms with E-state index in [9.17, 15) is 9.59 Å². The SMILES string of the molecule is Cc1ccccc1-c1cn[nH]c1[C@H]1CCCN(C(=O)c2cccc(N3CCCC3=O)c2)C1. The Bertz CT molecular complexity index is 1150. The molecule has 6 nitrogen and oxygen atoms in total. The normalized spacial score (nSPS) is 18.9. The summed E-state index contributed by atoms with van der Waals surface area (Å²) in [6, 6.07) is 15.8. The van der Waals surface area contributed by atoms with Gasteiger partial charge < -0.3 is 9.80 Å². The molecule has 164 valence electrons. The molecule has 0 unspecified atom stereocenters. The highest BCUT2D eigenvalue weighted by Crippen LogP contribution is 2.35. The van der Waals surface area contributed by atoms with Crippen molar-refractivity contribution in [3.63, 3.8) is 0 Å². The molecule has 0 aliphatic carbocycles. The molecule has 0 bridgehead atoms. The average molecular weight is 429 g/mol. The summed E-state index contributed by atoms with van der Waals surface area (Å²) in [6.07, 6.45) is 5.33. The Morgan fingerprint density at radius 2 is 1.94 bits per heavy atom. The molecule has 2 saturated heterocycles. The van der Waals surface area contributed by atoms with Gasteiger partial charge in [-0.3, -0.25) is 14.7 Å². The number of H-pyrrole nitrogens is 1. The number of aromatic amines is 1. The largest absolute Gasteiger partial charge is 0.338 e. The lowest BCUT2D eigenvalue weighted by Gasteiger charge is -2.33. The lowest BCUT2D eigenvalue weighted by atomic mass is 9.89. The van der Waals surface area contributed by atoms with E-state index in [4.69, 9.17) is 0 Å². The highest BCUT2D eigenvalue weighted by molar-refractivity contribution is 5.99. The van der Waals surface area contributed by atoms with E-state index in [1.807, 2.05) is 47.5 Å². The van der Waals surface area contributed by atoms with Crippen LogP contribution in [0, 0.1) is 6.92 Å². The number of carbonyl (C=O) groups is 2. The van der Waals surface area contributed by atoms with Crippen LogP contribution in [0.3, 0.4) is 0 Å². The molecular weight excluding hydrogens is 400 g/mol. The topological polar surface area (TPSA) is 69.3 Å². The van der Waals surface area contributed by atoms with E-state index in [-0.39, 0.29) is 17.7 Å². The van der Waals surface area contributed by atoms with Crippen molar-refractivity contribution in [2.24, 2.45) is 0 Å². The van der Waals surface area contributed by atoms with Crippen molar-refractivity contribution in [1.82, 2.24) is 15.1 Å². The van der Waals surface area contributed by atoms with Gasteiger partial charge >= 0.3 is 0 Å². The molecule has 3 aromatic rings. The molecule has 1 N–H and O–H groups in total. The fourth-order valence-corrected chi connectivity index (χ4v) is 5.00. The Hall–Kier alpha value is -3.41. The maximum absolute atomic E-state index is 13.4. The van der Waals surface area contributed by atoms with Crippen LogP contribution in [0.25, 0.3) is 11.1 Å². The van der Waals surface area contributed by atoms with E-state index < -0.39 is 0 Å². The third-order valence-electron chi connectivity index (χ3n) is 6.70. The van der Waals surface area contributed by atoms with Gasteiger partial charge in [0, 0.05) is 54.5 Å². The minimum atomic E-state index is 0.0279. The third kappa shape index (κ3) is 3.81. The molecule has 1 aromatic heterocycles. The Morgan fingerprint density at radius 1 is 1.06 bits per heavy atom. The number of carbonyl (C=O) groups excluding carboxylic acids is 2. The number of hydrogen-bond donors (Lipinski definition) is 1. The third-order valence-corrected chi connectivity index (χ3v) is 6.70. The number of hydrogen-bond acceptors (Lipinski definition) is 3. The molecule has 0 saturated carbocycles. The summed E-state index contributed by atoms with van der Waals surface area (Å²) in [6.45, 7) is 4.24. The first-order valence-corrected chi connectivity index (χ1v) is 11.4. The number of nitrogens with zero attached hydrogens (tertiary/aromatic N) is 3. The van der Waals surface area contributed by atoms with Crippen LogP contribution in [0.5, 0.6) is 0 Å². The van der Waals surface area contributed by atoms with Crippen LogP contribution < -0.4 is 4.90 Å². The number of piperidine rings is 1. The van der Waals surface area contributed by atoms with Crippen molar-refractivity contribution in [2.75, 3.05) is 24.5 Å². The number of aryl methyl sites for hydroxylation is 1. The molecule has 0 spiro atoms. The van der Waals surface area contributed by atoms with E-state index in [1.165, 1.54) is 11.1 Å². The molecule has 2 aromatic carbocycles. The van der Waals surface area contributed by atoms with Gasteiger partial charge in [0.05, 0.1) is 6.20 Å². The first-order chi connectivity index (χ1) is 15.6. The molecular formula is C26H28N4O2. The quantitative estimate of drug-likeness (QED) is 0.664. The standard InChI is InChI=1S/C26H28N4O2/c1-18-7-2-3-11-22(18)23-16-27-28-25(23)20-9-5-13-29(17-20)26(32)19-8-4-10-21(15-19)30-14-6-12-24(30)31/h2-4,7-8,10-11,15-16,20H,5-6,9,12-14,17H2,1H3,(H,27,28)/t20-/m0/s1. The summed E-state index contributed by atoms with van der Waals surface area (Å²) in [5.74, 6) is 0.379. The van der Waals surface area contributed by atoms with Crippen LogP contribution in [0.2, 0.25) is 0 Å². The Kier molecular flexibility index (Phi) is 5.52. The van der Waals surface area contributed by atoms with Gasteiger partial charge in [0.25, 0.3) is 5.91 Å². The Labute approximate surface area is 188 Å². The van der Waals surface area contributed by atoms with Gasteiger partial charge in [0.15, 0.2) is 0 Å². The van der Waals surface area contributed by atoms with E-state index in [2.05, 4.69) is 29.3 Å². The van der Waals surface area contributed by atoms with Gasteiger partial charge in [-0.1, -0.05) is 30.3 Å². The molecule has 32 heavy (non-hydrogen) atoms. The van der Waals surface area contributed by atoms with Gasteiger partial charge in [-0.15, -0.1) is 0 Å². The number of nitrogens with one attached hydrogen (secondary N) is 1. The van der Waals surface area contributed by atoms with E-state index in [0.29, 0.717) is 18.5 Å². The van der Waals surface area contributed by atoms with Crippen LogP contribution in [0.4, 0.5) is 5.69 Å². The van der Waals surface area contributed by atoms with Gasteiger partial charge in [-0.05, 0) is 55.5 Å². The summed E-state index contributed by atoms with van der Waals surface area (Å²) in [7, 11) is 0. The van der Waals surface area contributed by atoms with Gasteiger partial charge in [-0.25, -0.2) is 0 Å². The second-order valence-corrected chi connectivity index (χ2v) is 8.80.